The minimum absolute atomic E-state index is 0.228. The maximum atomic E-state index is 12.3. The van der Waals surface area contributed by atoms with E-state index in [-0.39, 0.29) is 6.10 Å². The Bertz CT molecular complexity index is 1020. The van der Waals surface area contributed by atoms with Gasteiger partial charge in [-0.15, -0.1) is 0 Å². The molecule has 0 fully saturated rings. The number of carboxylic acids is 1. The first kappa shape index (κ1) is 22.1. The number of aromatic nitrogens is 1. The van der Waals surface area contributed by atoms with Crippen molar-refractivity contribution in [3.63, 3.8) is 0 Å². The molecule has 0 atom stereocenters. The fourth-order valence-electron chi connectivity index (χ4n) is 3.83. The van der Waals surface area contributed by atoms with Gasteiger partial charge in [-0.3, -0.25) is 0 Å². The lowest BCUT2D eigenvalue weighted by atomic mass is 10.1. The van der Waals surface area contributed by atoms with Crippen molar-refractivity contribution in [3.05, 3.63) is 70.4 Å². The number of hydrogen-bond donors (Lipinski definition) is 2. The fraction of sp³-hybridized carbons (Fsp3) is 0.400. The van der Waals surface area contributed by atoms with Gasteiger partial charge >= 0.3 is 5.97 Å². The SMILES string of the molecule is Cc1ccc(C)c(Cn2c(C(=O)O)c(CNCCCOC(C)C)c3ccccc32)c1. The van der Waals surface area contributed by atoms with Crippen molar-refractivity contribution >= 4 is 16.9 Å². The van der Waals surface area contributed by atoms with Crippen LogP contribution in [0.25, 0.3) is 10.9 Å². The van der Waals surface area contributed by atoms with E-state index < -0.39 is 5.97 Å². The number of para-hydroxylation sites is 1. The molecular weight excluding hydrogens is 376 g/mol. The number of ether oxygens (including phenoxy) is 1. The number of rotatable bonds is 10. The lowest BCUT2D eigenvalue weighted by Crippen LogP contribution is -2.20. The number of hydrogen-bond acceptors (Lipinski definition) is 3. The molecule has 2 N–H and O–H groups in total. The zero-order valence-electron chi connectivity index (χ0n) is 18.4. The van der Waals surface area contributed by atoms with Gasteiger partial charge in [0.2, 0.25) is 0 Å². The minimum Gasteiger partial charge on any atom is -0.477 e. The molecule has 0 amide bonds. The van der Waals surface area contributed by atoms with E-state index in [4.69, 9.17) is 4.74 Å². The minimum atomic E-state index is -0.892. The Morgan fingerprint density at radius 2 is 1.93 bits per heavy atom. The summed E-state index contributed by atoms with van der Waals surface area (Å²) in [5.41, 5.74) is 5.64. The van der Waals surface area contributed by atoms with Gasteiger partial charge in [0.05, 0.1) is 6.10 Å². The van der Waals surface area contributed by atoms with Crippen molar-refractivity contribution < 1.29 is 14.6 Å². The van der Waals surface area contributed by atoms with Crippen LogP contribution in [0.1, 0.15) is 53.0 Å². The fourth-order valence-corrected chi connectivity index (χ4v) is 3.83. The molecule has 160 valence electrons. The molecule has 0 aliphatic heterocycles. The zero-order valence-corrected chi connectivity index (χ0v) is 18.4. The lowest BCUT2D eigenvalue weighted by molar-refractivity contribution is 0.0683. The van der Waals surface area contributed by atoms with Crippen molar-refractivity contribution in [2.75, 3.05) is 13.2 Å². The molecule has 0 unspecified atom stereocenters. The van der Waals surface area contributed by atoms with E-state index in [0.717, 1.165) is 35.0 Å². The van der Waals surface area contributed by atoms with Crippen molar-refractivity contribution in [2.24, 2.45) is 0 Å². The van der Waals surface area contributed by atoms with Crippen LogP contribution in [0, 0.1) is 13.8 Å². The molecule has 0 bridgehead atoms. The van der Waals surface area contributed by atoms with Crippen LogP contribution in [0.4, 0.5) is 0 Å². The number of benzene rings is 2. The molecule has 5 heteroatoms. The van der Waals surface area contributed by atoms with Crippen molar-refractivity contribution in [2.45, 2.75) is 53.3 Å². The second-order valence-corrected chi connectivity index (χ2v) is 8.12. The van der Waals surface area contributed by atoms with E-state index in [1.807, 2.05) is 42.7 Å². The van der Waals surface area contributed by atoms with Gasteiger partial charge in [-0.05, 0) is 57.9 Å². The molecular formula is C25H32N2O3. The first-order valence-corrected chi connectivity index (χ1v) is 10.6. The molecule has 1 aromatic heterocycles. The maximum Gasteiger partial charge on any atom is 0.352 e. The molecule has 5 nitrogen and oxygen atoms in total. The number of aromatic carboxylic acids is 1. The number of carbonyl (C=O) groups is 1. The lowest BCUT2D eigenvalue weighted by Gasteiger charge is -2.13. The molecule has 0 aliphatic rings. The van der Waals surface area contributed by atoms with Gasteiger partial charge in [-0.2, -0.15) is 0 Å². The van der Waals surface area contributed by atoms with E-state index >= 15 is 0 Å². The van der Waals surface area contributed by atoms with Crippen LogP contribution in [0.3, 0.4) is 0 Å². The highest BCUT2D eigenvalue weighted by atomic mass is 16.5. The summed E-state index contributed by atoms with van der Waals surface area (Å²) in [7, 11) is 0. The van der Waals surface area contributed by atoms with Gasteiger partial charge < -0.3 is 19.7 Å². The highest BCUT2D eigenvalue weighted by Gasteiger charge is 2.22. The molecule has 3 rings (SSSR count). The summed E-state index contributed by atoms with van der Waals surface area (Å²) in [5.74, 6) is -0.892. The Morgan fingerprint density at radius 3 is 2.67 bits per heavy atom. The van der Waals surface area contributed by atoms with E-state index in [1.165, 1.54) is 11.1 Å². The predicted molar refractivity (Wildman–Crippen MR) is 121 cm³/mol. The van der Waals surface area contributed by atoms with Crippen LogP contribution in [0.5, 0.6) is 0 Å². The normalized spacial score (nSPS) is 11.5. The first-order chi connectivity index (χ1) is 14.4. The summed E-state index contributed by atoms with van der Waals surface area (Å²) in [6, 6.07) is 14.3. The van der Waals surface area contributed by atoms with Crippen LogP contribution in [0.2, 0.25) is 0 Å². The van der Waals surface area contributed by atoms with E-state index in [2.05, 4.69) is 37.4 Å². The molecule has 0 aliphatic carbocycles. The predicted octanol–water partition coefficient (Wildman–Crippen LogP) is 4.91. The molecule has 3 aromatic rings. The second-order valence-electron chi connectivity index (χ2n) is 8.12. The maximum absolute atomic E-state index is 12.3. The second kappa shape index (κ2) is 9.92. The molecule has 1 heterocycles. The van der Waals surface area contributed by atoms with Crippen LogP contribution >= 0.6 is 0 Å². The highest BCUT2D eigenvalue weighted by Crippen LogP contribution is 2.28. The van der Waals surface area contributed by atoms with Gasteiger partial charge in [-0.25, -0.2) is 4.79 Å². The zero-order chi connectivity index (χ0) is 21.7. The molecule has 0 saturated carbocycles. The van der Waals surface area contributed by atoms with Crippen molar-refractivity contribution in [1.82, 2.24) is 9.88 Å². The monoisotopic (exact) mass is 408 g/mol. The van der Waals surface area contributed by atoms with Crippen LogP contribution in [-0.4, -0.2) is 34.9 Å². The molecule has 0 saturated heterocycles. The molecule has 0 radical (unpaired) electrons. The first-order valence-electron chi connectivity index (χ1n) is 10.6. The molecule has 0 spiro atoms. The Balaban J connectivity index is 1.90. The average Bonchev–Trinajstić information content (AvgIpc) is 3.01. The highest BCUT2D eigenvalue weighted by molar-refractivity contribution is 5.98. The Labute approximate surface area is 178 Å². The van der Waals surface area contributed by atoms with E-state index in [9.17, 15) is 9.90 Å². The van der Waals surface area contributed by atoms with E-state index in [1.54, 1.807) is 0 Å². The summed E-state index contributed by atoms with van der Waals surface area (Å²) >= 11 is 0. The third-order valence-corrected chi connectivity index (χ3v) is 5.36. The summed E-state index contributed by atoms with van der Waals surface area (Å²) in [6.07, 6.45) is 1.12. The van der Waals surface area contributed by atoms with Gasteiger partial charge in [0, 0.05) is 36.2 Å². The summed E-state index contributed by atoms with van der Waals surface area (Å²) in [6.45, 7) is 10.7. The number of fused-ring (bicyclic) bond motifs is 1. The quantitative estimate of drug-likeness (QED) is 0.468. The Kier molecular flexibility index (Phi) is 7.29. The number of nitrogens with one attached hydrogen (secondary N) is 1. The number of nitrogens with zero attached hydrogens (tertiary/aromatic N) is 1. The van der Waals surface area contributed by atoms with Gasteiger partial charge in [0.25, 0.3) is 0 Å². The number of aryl methyl sites for hydroxylation is 2. The standard InChI is InChI=1S/C25H32N2O3/c1-17(2)30-13-7-12-26-15-22-21-8-5-6-9-23(21)27(24(22)25(28)29)16-20-14-18(3)10-11-19(20)4/h5-6,8-11,14,17,26H,7,12-13,15-16H2,1-4H3,(H,28,29). The van der Waals surface area contributed by atoms with Crippen molar-refractivity contribution in [3.8, 4) is 0 Å². The van der Waals surface area contributed by atoms with Crippen LogP contribution in [-0.2, 0) is 17.8 Å². The smallest absolute Gasteiger partial charge is 0.352 e. The van der Waals surface area contributed by atoms with Crippen molar-refractivity contribution in [1.29, 1.82) is 0 Å². The average molecular weight is 409 g/mol. The van der Waals surface area contributed by atoms with Gasteiger partial charge in [-0.1, -0.05) is 42.0 Å². The summed E-state index contributed by atoms with van der Waals surface area (Å²) in [5, 5.41) is 14.5. The molecule has 2 aromatic carbocycles. The number of carboxylic acid groups (broad SMARTS) is 1. The van der Waals surface area contributed by atoms with Crippen LogP contribution in [0.15, 0.2) is 42.5 Å². The Hall–Kier alpha value is -2.63. The third-order valence-electron chi connectivity index (χ3n) is 5.36. The van der Waals surface area contributed by atoms with Gasteiger partial charge in [0.1, 0.15) is 5.69 Å². The topological polar surface area (TPSA) is 63.5 Å². The molecule has 30 heavy (non-hydrogen) atoms. The summed E-state index contributed by atoms with van der Waals surface area (Å²) < 4.78 is 7.52. The summed E-state index contributed by atoms with van der Waals surface area (Å²) in [4.78, 5) is 12.3. The Morgan fingerprint density at radius 1 is 1.17 bits per heavy atom. The van der Waals surface area contributed by atoms with E-state index in [0.29, 0.717) is 25.4 Å². The largest absolute Gasteiger partial charge is 0.477 e. The van der Waals surface area contributed by atoms with Gasteiger partial charge in [0.15, 0.2) is 0 Å². The van der Waals surface area contributed by atoms with Crippen LogP contribution < -0.4 is 5.32 Å². The third kappa shape index (κ3) is 5.10.